The molecule has 0 radical (unpaired) electrons. The van der Waals surface area contributed by atoms with Crippen molar-refractivity contribution in [3.8, 4) is 5.75 Å². The average molecular weight is 452 g/mol. The summed E-state index contributed by atoms with van der Waals surface area (Å²) in [5.41, 5.74) is 3.30. The van der Waals surface area contributed by atoms with Gasteiger partial charge < -0.3 is 14.3 Å². The van der Waals surface area contributed by atoms with Crippen molar-refractivity contribution in [1.29, 1.82) is 0 Å². The van der Waals surface area contributed by atoms with Crippen molar-refractivity contribution < 1.29 is 23.8 Å². The lowest BCUT2D eigenvalue weighted by molar-refractivity contribution is -0.132. The lowest BCUT2D eigenvalue weighted by Crippen LogP contribution is -2.30. The highest BCUT2D eigenvalue weighted by atomic mass is 35.5. The Kier molecular flexibility index (Phi) is 5.57. The van der Waals surface area contributed by atoms with Crippen LogP contribution in [0.2, 0.25) is 5.02 Å². The van der Waals surface area contributed by atoms with Gasteiger partial charge in [-0.2, -0.15) is 0 Å². The number of furan rings is 1. The van der Waals surface area contributed by atoms with E-state index >= 15 is 0 Å². The molecule has 1 unspecified atom stereocenters. The number of rotatable bonds is 4. The lowest BCUT2D eigenvalue weighted by atomic mass is 9.97. The van der Waals surface area contributed by atoms with Crippen LogP contribution >= 0.6 is 11.6 Å². The SMILES string of the molecule is COc1c(Cl)cc(C)cc1/C(O)=C1/C(=O)C(=O)N(c2ccc(C)cc2C)C1c1ccco1. The summed E-state index contributed by atoms with van der Waals surface area (Å²) >= 11 is 6.31. The monoisotopic (exact) mass is 451 g/mol. The fourth-order valence-electron chi connectivity index (χ4n) is 4.13. The van der Waals surface area contributed by atoms with E-state index in [1.54, 1.807) is 37.3 Å². The molecular weight excluding hydrogens is 430 g/mol. The zero-order valence-corrected chi connectivity index (χ0v) is 18.9. The van der Waals surface area contributed by atoms with Crippen LogP contribution < -0.4 is 9.64 Å². The third-order valence-electron chi connectivity index (χ3n) is 5.52. The van der Waals surface area contributed by atoms with Crippen molar-refractivity contribution in [2.75, 3.05) is 12.0 Å². The van der Waals surface area contributed by atoms with E-state index in [4.69, 9.17) is 20.8 Å². The second-order valence-corrected chi connectivity index (χ2v) is 8.21. The smallest absolute Gasteiger partial charge is 0.300 e. The summed E-state index contributed by atoms with van der Waals surface area (Å²) < 4.78 is 11.0. The zero-order valence-electron chi connectivity index (χ0n) is 18.1. The topological polar surface area (TPSA) is 80.0 Å². The number of nitrogens with zero attached hydrogens (tertiary/aromatic N) is 1. The molecule has 164 valence electrons. The predicted octanol–water partition coefficient (Wildman–Crippen LogP) is 5.49. The Morgan fingerprint density at radius 2 is 1.84 bits per heavy atom. The molecule has 1 N–H and O–H groups in total. The molecule has 0 spiro atoms. The van der Waals surface area contributed by atoms with E-state index in [0.29, 0.717) is 11.4 Å². The first-order valence-corrected chi connectivity index (χ1v) is 10.4. The summed E-state index contributed by atoms with van der Waals surface area (Å²) in [5, 5.41) is 11.6. The number of benzene rings is 2. The molecule has 1 fully saturated rings. The molecule has 32 heavy (non-hydrogen) atoms. The number of aliphatic hydroxyl groups excluding tert-OH is 1. The summed E-state index contributed by atoms with van der Waals surface area (Å²) in [5.74, 6) is -1.38. The molecule has 0 bridgehead atoms. The Morgan fingerprint density at radius 1 is 1.09 bits per heavy atom. The molecule has 1 aliphatic heterocycles. The highest BCUT2D eigenvalue weighted by Gasteiger charge is 2.49. The van der Waals surface area contributed by atoms with Gasteiger partial charge in [0.2, 0.25) is 0 Å². The Labute approximate surface area is 190 Å². The van der Waals surface area contributed by atoms with E-state index in [1.807, 2.05) is 26.0 Å². The maximum Gasteiger partial charge on any atom is 0.300 e. The molecule has 1 aliphatic rings. The number of anilines is 1. The van der Waals surface area contributed by atoms with Gasteiger partial charge in [0.1, 0.15) is 23.3 Å². The van der Waals surface area contributed by atoms with Crippen molar-refractivity contribution in [2.45, 2.75) is 26.8 Å². The molecule has 7 heteroatoms. The van der Waals surface area contributed by atoms with E-state index in [0.717, 1.165) is 16.7 Å². The number of hydrogen-bond donors (Lipinski definition) is 1. The minimum absolute atomic E-state index is 0.0927. The highest BCUT2D eigenvalue weighted by Crippen LogP contribution is 2.45. The highest BCUT2D eigenvalue weighted by molar-refractivity contribution is 6.51. The number of aryl methyl sites for hydroxylation is 3. The molecule has 2 aromatic carbocycles. The number of hydrogen-bond acceptors (Lipinski definition) is 5. The maximum atomic E-state index is 13.2. The van der Waals surface area contributed by atoms with E-state index in [2.05, 4.69) is 0 Å². The lowest BCUT2D eigenvalue weighted by Gasteiger charge is -2.25. The van der Waals surface area contributed by atoms with Gasteiger partial charge in [0.25, 0.3) is 11.7 Å². The number of carbonyl (C=O) groups is 2. The standard InChI is InChI=1S/C25H22ClNO5/c1-13-7-8-18(15(3)10-13)27-21(19-6-5-9-32-19)20(23(29)25(27)30)22(28)16-11-14(2)12-17(26)24(16)31-4/h5-12,21,28H,1-4H3/b22-20-. The molecule has 1 atom stereocenters. The second kappa shape index (κ2) is 8.20. The fraction of sp³-hybridized carbons (Fsp3) is 0.200. The van der Waals surface area contributed by atoms with Crippen molar-refractivity contribution in [2.24, 2.45) is 0 Å². The van der Waals surface area contributed by atoms with E-state index in [-0.39, 0.29) is 27.7 Å². The van der Waals surface area contributed by atoms with Crippen LogP contribution in [0, 0.1) is 20.8 Å². The van der Waals surface area contributed by atoms with Gasteiger partial charge in [-0.25, -0.2) is 0 Å². The number of ketones is 1. The van der Waals surface area contributed by atoms with E-state index in [9.17, 15) is 14.7 Å². The predicted molar refractivity (Wildman–Crippen MR) is 122 cm³/mol. The van der Waals surface area contributed by atoms with Crippen LogP contribution in [0.4, 0.5) is 5.69 Å². The van der Waals surface area contributed by atoms with Crippen LogP contribution in [-0.2, 0) is 9.59 Å². The fourth-order valence-corrected chi connectivity index (χ4v) is 4.48. The van der Waals surface area contributed by atoms with E-state index in [1.165, 1.54) is 18.3 Å². The zero-order chi connectivity index (χ0) is 23.2. The van der Waals surface area contributed by atoms with Crippen LogP contribution in [0.3, 0.4) is 0 Å². The molecular formula is C25H22ClNO5. The summed E-state index contributed by atoms with van der Waals surface area (Å²) in [6.45, 7) is 5.62. The summed E-state index contributed by atoms with van der Waals surface area (Å²) in [4.78, 5) is 27.8. The molecule has 3 aromatic rings. The third-order valence-corrected chi connectivity index (χ3v) is 5.80. The second-order valence-electron chi connectivity index (χ2n) is 7.80. The first-order valence-electron chi connectivity index (χ1n) is 10.0. The maximum absolute atomic E-state index is 13.2. The summed E-state index contributed by atoms with van der Waals surface area (Å²) in [6, 6.07) is 11.3. The van der Waals surface area contributed by atoms with Gasteiger partial charge >= 0.3 is 0 Å². The van der Waals surface area contributed by atoms with Crippen LogP contribution in [-0.4, -0.2) is 23.9 Å². The molecule has 6 nitrogen and oxygen atoms in total. The van der Waals surface area contributed by atoms with Gasteiger partial charge in [0.15, 0.2) is 0 Å². The summed E-state index contributed by atoms with van der Waals surface area (Å²) in [7, 11) is 1.42. The van der Waals surface area contributed by atoms with Crippen molar-refractivity contribution in [3.63, 3.8) is 0 Å². The van der Waals surface area contributed by atoms with Gasteiger partial charge in [-0.3, -0.25) is 14.5 Å². The Bertz CT molecular complexity index is 1260. The molecule has 0 aliphatic carbocycles. The molecule has 1 amide bonds. The third kappa shape index (κ3) is 3.46. The quantitative estimate of drug-likeness (QED) is 0.322. The van der Waals surface area contributed by atoms with Gasteiger partial charge in [-0.15, -0.1) is 0 Å². The van der Waals surface area contributed by atoms with Crippen molar-refractivity contribution in [1.82, 2.24) is 0 Å². The van der Waals surface area contributed by atoms with Gasteiger partial charge in [0, 0.05) is 5.69 Å². The summed E-state index contributed by atoms with van der Waals surface area (Å²) in [6.07, 6.45) is 1.46. The van der Waals surface area contributed by atoms with Crippen LogP contribution in [0.15, 0.2) is 58.7 Å². The molecule has 0 saturated carbocycles. The number of carbonyl (C=O) groups excluding carboxylic acids is 2. The number of halogens is 1. The number of Topliss-reactive ketones (excluding diaryl/α,β-unsaturated/α-hetero) is 1. The average Bonchev–Trinajstić information content (AvgIpc) is 3.35. The van der Waals surface area contributed by atoms with Crippen LogP contribution in [0.25, 0.3) is 5.76 Å². The number of methoxy groups -OCH3 is 1. The largest absolute Gasteiger partial charge is 0.507 e. The van der Waals surface area contributed by atoms with Gasteiger partial charge in [0.05, 0.1) is 29.5 Å². The van der Waals surface area contributed by atoms with Gasteiger partial charge in [-0.05, 0) is 62.2 Å². The molecule has 1 saturated heterocycles. The number of ether oxygens (including phenoxy) is 1. The first-order chi connectivity index (χ1) is 15.2. The number of amides is 1. The first kappa shape index (κ1) is 21.7. The Morgan fingerprint density at radius 3 is 2.47 bits per heavy atom. The van der Waals surface area contributed by atoms with Crippen LogP contribution in [0.1, 0.15) is 34.1 Å². The normalized spacial score (nSPS) is 17.8. The van der Waals surface area contributed by atoms with E-state index < -0.39 is 17.7 Å². The van der Waals surface area contributed by atoms with Crippen LogP contribution in [0.5, 0.6) is 5.75 Å². The number of aliphatic hydroxyl groups is 1. The molecule has 4 rings (SSSR count). The van der Waals surface area contributed by atoms with Gasteiger partial charge in [-0.1, -0.05) is 29.3 Å². The van der Waals surface area contributed by atoms with Crippen molar-refractivity contribution in [3.05, 3.63) is 87.3 Å². The minimum atomic E-state index is -0.949. The minimum Gasteiger partial charge on any atom is -0.507 e. The Hall–Kier alpha value is -3.51. The Balaban J connectivity index is 2.00. The molecule has 2 heterocycles. The van der Waals surface area contributed by atoms with Crippen molar-refractivity contribution >= 4 is 34.7 Å². The molecule has 1 aromatic heterocycles.